The molecule has 0 heterocycles. The molecule has 0 saturated heterocycles. The van der Waals surface area contributed by atoms with Gasteiger partial charge in [-0.25, -0.2) is 0 Å². The Hall–Kier alpha value is -2.64. The zero-order valence-corrected chi connectivity index (χ0v) is 12.0. The number of nitro benzene ring substituents is 1. The monoisotopic (exact) mass is 295 g/mol. The van der Waals surface area contributed by atoms with Gasteiger partial charge in [-0.1, -0.05) is 6.92 Å². The van der Waals surface area contributed by atoms with E-state index in [1.165, 1.54) is 19.0 Å². The Kier molecular flexibility index (Phi) is 5.23. The van der Waals surface area contributed by atoms with Crippen molar-refractivity contribution in [3.05, 3.63) is 33.9 Å². The summed E-state index contributed by atoms with van der Waals surface area (Å²) in [5.74, 6) is -1.56. The van der Waals surface area contributed by atoms with Crippen molar-refractivity contribution in [2.45, 2.75) is 6.92 Å². The van der Waals surface area contributed by atoms with Gasteiger partial charge in [0.15, 0.2) is 0 Å². The van der Waals surface area contributed by atoms with Gasteiger partial charge in [0, 0.05) is 26.7 Å². The summed E-state index contributed by atoms with van der Waals surface area (Å²) >= 11 is 0. The molecular formula is C13H17N3O5. The van der Waals surface area contributed by atoms with Crippen LogP contribution < -0.4 is 5.32 Å². The molecule has 114 valence electrons. The molecule has 0 bridgehead atoms. The summed E-state index contributed by atoms with van der Waals surface area (Å²) in [5, 5.41) is 22.8. The number of aromatic hydroxyl groups is 1. The molecule has 2 amide bonds. The van der Waals surface area contributed by atoms with Crippen LogP contribution in [-0.4, -0.2) is 47.4 Å². The lowest BCUT2D eigenvalue weighted by Gasteiger charge is -2.20. The van der Waals surface area contributed by atoms with Gasteiger partial charge >= 0.3 is 0 Å². The fourth-order valence-corrected chi connectivity index (χ4v) is 1.88. The quantitative estimate of drug-likeness (QED) is 0.615. The zero-order valence-electron chi connectivity index (χ0n) is 12.0. The standard InChI is InChI=1S/C13H17N3O5/c1-8(12(18)14-2)7-15(3)13(19)10-6-9(17)4-5-11(10)16(20)21/h4-6,8,17H,7H2,1-3H3,(H,14,18). The lowest BCUT2D eigenvalue weighted by atomic mass is 10.1. The first-order valence-corrected chi connectivity index (χ1v) is 6.22. The topological polar surface area (TPSA) is 113 Å². The van der Waals surface area contributed by atoms with Gasteiger partial charge in [0.25, 0.3) is 11.6 Å². The van der Waals surface area contributed by atoms with Crippen LogP contribution in [0.25, 0.3) is 0 Å². The van der Waals surface area contributed by atoms with Crippen molar-refractivity contribution in [1.29, 1.82) is 0 Å². The van der Waals surface area contributed by atoms with Crippen molar-refractivity contribution in [2.24, 2.45) is 5.92 Å². The number of benzene rings is 1. The third-order valence-corrected chi connectivity index (χ3v) is 3.00. The lowest BCUT2D eigenvalue weighted by Crippen LogP contribution is -2.37. The first-order valence-electron chi connectivity index (χ1n) is 6.22. The summed E-state index contributed by atoms with van der Waals surface area (Å²) in [5.41, 5.74) is -0.608. The second-order valence-corrected chi connectivity index (χ2v) is 4.66. The molecule has 0 aromatic heterocycles. The highest BCUT2D eigenvalue weighted by atomic mass is 16.6. The van der Waals surface area contributed by atoms with Gasteiger partial charge < -0.3 is 15.3 Å². The van der Waals surface area contributed by atoms with Crippen LogP contribution >= 0.6 is 0 Å². The lowest BCUT2D eigenvalue weighted by molar-refractivity contribution is -0.385. The van der Waals surface area contributed by atoms with E-state index in [-0.39, 0.29) is 23.8 Å². The fourth-order valence-electron chi connectivity index (χ4n) is 1.88. The number of phenols is 1. The highest BCUT2D eigenvalue weighted by Crippen LogP contribution is 2.24. The molecule has 8 heteroatoms. The van der Waals surface area contributed by atoms with E-state index in [1.807, 2.05) is 0 Å². The molecule has 0 spiro atoms. The Bertz CT molecular complexity index is 573. The maximum Gasteiger partial charge on any atom is 0.282 e. The van der Waals surface area contributed by atoms with Crippen molar-refractivity contribution in [2.75, 3.05) is 20.6 Å². The van der Waals surface area contributed by atoms with Gasteiger partial charge in [0.2, 0.25) is 5.91 Å². The second-order valence-electron chi connectivity index (χ2n) is 4.66. The Labute approximate surface area is 121 Å². The van der Waals surface area contributed by atoms with Crippen LogP contribution in [0.2, 0.25) is 0 Å². The van der Waals surface area contributed by atoms with Gasteiger partial charge in [-0.05, 0) is 12.1 Å². The number of rotatable bonds is 5. The molecular weight excluding hydrogens is 278 g/mol. The molecule has 0 aliphatic heterocycles. The van der Waals surface area contributed by atoms with Crippen molar-refractivity contribution in [1.82, 2.24) is 10.2 Å². The third kappa shape index (κ3) is 3.91. The first-order chi connectivity index (χ1) is 9.77. The van der Waals surface area contributed by atoms with E-state index in [4.69, 9.17) is 0 Å². The van der Waals surface area contributed by atoms with Crippen LogP contribution in [-0.2, 0) is 4.79 Å². The van der Waals surface area contributed by atoms with E-state index < -0.39 is 22.4 Å². The Morgan fingerprint density at radius 1 is 1.48 bits per heavy atom. The number of carbonyl (C=O) groups is 2. The average molecular weight is 295 g/mol. The predicted molar refractivity (Wildman–Crippen MR) is 75.0 cm³/mol. The predicted octanol–water partition coefficient (Wildman–Crippen LogP) is 0.754. The third-order valence-electron chi connectivity index (χ3n) is 3.00. The number of carbonyl (C=O) groups excluding carboxylic acids is 2. The van der Waals surface area contributed by atoms with Crippen LogP contribution in [0.15, 0.2) is 18.2 Å². The molecule has 8 nitrogen and oxygen atoms in total. The number of nitrogens with zero attached hydrogens (tertiary/aromatic N) is 2. The molecule has 1 unspecified atom stereocenters. The molecule has 0 saturated carbocycles. The number of phenolic OH excluding ortho intramolecular Hbond substituents is 1. The Balaban J connectivity index is 3.00. The van der Waals surface area contributed by atoms with Gasteiger partial charge in [0.1, 0.15) is 11.3 Å². The molecule has 2 N–H and O–H groups in total. The maximum absolute atomic E-state index is 12.2. The maximum atomic E-state index is 12.2. The minimum Gasteiger partial charge on any atom is -0.508 e. The van der Waals surface area contributed by atoms with Gasteiger partial charge in [-0.2, -0.15) is 0 Å². The van der Waals surface area contributed by atoms with Crippen LogP contribution in [0.1, 0.15) is 17.3 Å². The minimum atomic E-state index is -0.692. The molecule has 0 fully saturated rings. The number of nitrogens with one attached hydrogen (secondary N) is 1. The number of amides is 2. The van der Waals surface area contributed by atoms with Crippen molar-refractivity contribution in [3.8, 4) is 5.75 Å². The van der Waals surface area contributed by atoms with E-state index in [9.17, 15) is 24.8 Å². The SMILES string of the molecule is CNC(=O)C(C)CN(C)C(=O)c1cc(O)ccc1[N+](=O)[O-]. The molecule has 1 aromatic rings. The normalized spacial score (nSPS) is 11.6. The Morgan fingerprint density at radius 3 is 2.62 bits per heavy atom. The summed E-state index contributed by atoms with van der Waals surface area (Å²) in [7, 11) is 2.93. The number of hydrogen-bond acceptors (Lipinski definition) is 5. The summed E-state index contributed by atoms with van der Waals surface area (Å²) in [4.78, 5) is 35.1. The summed E-state index contributed by atoms with van der Waals surface area (Å²) < 4.78 is 0. The largest absolute Gasteiger partial charge is 0.508 e. The number of hydrogen-bond donors (Lipinski definition) is 2. The summed E-state index contributed by atoms with van der Waals surface area (Å²) in [6, 6.07) is 3.25. The van der Waals surface area contributed by atoms with Crippen molar-refractivity contribution in [3.63, 3.8) is 0 Å². The number of nitro groups is 1. The first kappa shape index (κ1) is 16.4. The molecule has 1 atom stereocenters. The molecule has 0 aliphatic rings. The molecule has 1 rings (SSSR count). The average Bonchev–Trinajstić information content (AvgIpc) is 2.44. The van der Waals surface area contributed by atoms with Crippen LogP contribution in [0, 0.1) is 16.0 Å². The molecule has 0 aliphatic carbocycles. The second kappa shape index (κ2) is 6.69. The van der Waals surface area contributed by atoms with Gasteiger partial charge in [-0.3, -0.25) is 19.7 Å². The van der Waals surface area contributed by atoms with E-state index in [0.29, 0.717) is 0 Å². The van der Waals surface area contributed by atoms with E-state index in [0.717, 1.165) is 18.2 Å². The van der Waals surface area contributed by atoms with Gasteiger partial charge in [0.05, 0.1) is 10.8 Å². The van der Waals surface area contributed by atoms with Crippen LogP contribution in [0.3, 0.4) is 0 Å². The van der Waals surface area contributed by atoms with Crippen LogP contribution in [0.5, 0.6) is 5.75 Å². The highest BCUT2D eigenvalue weighted by molar-refractivity contribution is 5.98. The highest BCUT2D eigenvalue weighted by Gasteiger charge is 2.25. The molecule has 0 radical (unpaired) electrons. The van der Waals surface area contributed by atoms with E-state index >= 15 is 0 Å². The van der Waals surface area contributed by atoms with Gasteiger partial charge in [-0.15, -0.1) is 0 Å². The molecule has 21 heavy (non-hydrogen) atoms. The van der Waals surface area contributed by atoms with Crippen molar-refractivity contribution >= 4 is 17.5 Å². The molecule has 1 aromatic carbocycles. The van der Waals surface area contributed by atoms with Crippen molar-refractivity contribution < 1.29 is 19.6 Å². The van der Waals surface area contributed by atoms with Crippen LogP contribution in [0.4, 0.5) is 5.69 Å². The van der Waals surface area contributed by atoms with E-state index in [1.54, 1.807) is 6.92 Å². The smallest absolute Gasteiger partial charge is 0.282 e. The Morgan fingerprint density at radius 2 is 2.10 bits per heavy atom. The summed E-state index contributed by atoms with van der Waals surface area (Å²) in [6.07, 6.45) is 0. The fraction of sp³-hybridized carbons (Fsp3) is 0.385. The zero-order chi connectivity index (χ0) is 16.2. The van der Waals surface area contributed by atoms with E-state index in [2.05, 4.69) is 5.32 Å². The summed E-state index contributed by atoms with van der Waals surface area (Å²) in [6.45, 7) is 1.74. The minimum absolute atomic E-state index is 0.102.